The maximum absolute atomic E-state index is 13.9. The van der Waals surface area contributed by atoms with E-state index >= 15 is 0 Å². The fourth-order valence-corrected chi connectivity index (χ4v) is 5.26. The first kappa shape index (κ1) is 27.0. The highest BCUT2D eigenvalue weighted by Crippen LogP contribution is 2.55. The molecule has 0 saturated carbocycles. The lowest BCUT2D eigenvalue weighted by Gasteiger charge is -2.27. The van der Waals surface area contributed by atoms with Gasteiger partial charge in [0.05, 0.1) is 24.8 Å². The summed E-state index contributed by atoms with van der Waals surface area (Å²) in [7, 11) is -3.66. The van der Waals surface area contributed by atoms with Crippen LogP contribution in [0.2, 0.25) is 0 Å². The first-order valence-corrected chi connectivity index (χ1v) is 13.0. The first-order chi connectivity index (χ1) is 15.6. The number of hydrogen-bond acceptors (Lipinski definition) is 6. The van der Waals surface area contributed by atoms with Crippen molar-refractivity contribution >= 4 is 19.3 Å². The Morgan fingerprint density at radius 2 is 1.36 bits per heavy atom. The van der Waals surface area contributed by atoms with Crippen LogP contribution in [0.1, 0.15) is 59.1 Å². The Kier molecular flexibility index (Phi) is 10.0. The Labute approximate surface area is 197 Å². The predicted octanol–water partition coefficient (Wildman–Crippen LogP) is 6.48. The van der Waals surface area contributed by atoms with E-state index in [1.807, 2.05) is 81.4 Å². The van der Waals surface area contributed by atoms with Crippen LogP contribution in [0.4, 0.5) is 0 Å². The molecule has 2 aromatic carbocycles. The molecule has 0 aliphatic rings. The van der Waals surface area contributed by atoms with Crippen LogP contribution in [0.5, 0.6) is 0 Å². The van der Waals surface area contributed by atoms with Gasteiger partial charge in [-0.3, -0.25) is 14.4 Å². The number of esters is 1. The van der Waals surface area contributed by atoms with Crippen molar-refractivity contribution in [1.29, 1.82) is 0 Å². The van der Waals surface area contributed by atoms with Crippen LogP contribution in [0.15, 0.2) is 65.7 Å². The highest BCUT2D eigenvalue weighted by atomic mass is 31.2. The summed E-state index contributed by atoms with van der Waals surface area (Å²) >= 11 is 0. The van der Waals surface area contributed by atoms with Crippen LogP contribution in [-0.2, 0) is 23.1 Å². The average molecular weight is 474 g/mol. The molecule has 0 fully saturated rings. The van der Waals surface area contributed by atoms with Crippen molar-refractivity contribution in [3.63, 3.8) is 0 Å². The Morgan fingerprint density at radius 3 is 1.76 bits per heavy atom. The van der Waals surface area contributed by atoms with Gasteiger partial charge in [-0.25, -0.2) is 0 Å². The molecule has 2 unspecified atom stereocenters. The van der Waals surface area contributed by atoms with E-state index in [2.05, 4.69) is 0 Å². The van der Waals surface area contributed by atoms with E-state index in [1.165, 1.54) is 0 Å². The van der Waals surface area contributed by atoms with E-state index in [-0.39, 0.29) is 25.6 Å². The highest BCUT2D eigenvalue weighted by Gasteiger charge is 2.39. The average Bonchev–Trinajstić information content (AvgIpc) is 2.76. The third-order valence-corrected chi connectivity index (χ3v) is 7.02. The lowest BCUT2D eigenvalue weighted by Crippen LogP contribution is -2.29. The normalized spacial score (nSPS) is 13.8. The molecule has 0 bridgehead atoms. The van der Waals surface area contributed by atoms with Crippen molar-refractivity contribution in [1.82, 2.24) is 0 Å². The van der Waals surface area contributed by atoms with Gasteiger partial charge in [-0.2, -0.15) is 0 Å². The smallest absolute Gasteiger partial charge is 0.354 e. The van der Waals surface area contributed by atoms with Crippen molar-refractivity contribution in [3.05, 3.63) is 71.8 Å². The number of rotatable bonds is 11. The van der Waals surface area contributed by atoms with Crippen LogP contribution in [0.25, 0.3) is 0 Å². The fraction of sp³-hybridized carbons (Fsp3) is 0.462. The van der Waals surface area contributed by atoms with Gasteiger partial charge in [0, 0.05) is 11.1 Å². The fourth-order valence-electron chi connectivity index (χ4n) is 3.29. The second-order valence-electron chi connectivity index (χ2n) is 8.74. The minimum Gasteiger partial charge on any atom is -0.460 e. The Balaban J connectivity index is 2.57. The molecule has 2 rings (SSSR count). The number of nitrogens with zero attached hydrogens (tertiary/aromatic N) is 1. The summed E-state index contributed by atoms with van der Waals surface area (Å²) < 4.78 is 30.7. The molecule has 33 heavy (non-hydrogen) atoms. The van der Waals surface area contributed by atoms with E-state index < -0.39 is 24.9 Å². The summed E-state index contributed by atoms with van der Waals surface area (Å²) in [6.07, 6.45) is 0.162. The van der Waals surface area contributed by atoms with Gasteiger partial charge in [-0.15, -0.1) is 0 Å². The Hall–Kier alpha value is -2.27. The Bertz CT molecular complexity index is 902. The molecule has 7 heteroatoms. The number of hydrogen-bond donors (Lipinski definition) is 0. The second-order valence-corrected chi connectivity index (χ2v) is 10.9. The molecule has 180 valence electrons. The van der Waals surface area contributed by atoms with Gasteiger partial charge in [0.1, 0.15) is 5.60 Å². The summed E-state index contributed by atoms with van der Waals surface area (Å²) in [4.78, 5) is 17.7. The zero-order valence-corrected chi connectivity index (χ0v) is 21.4. The van der Waals surface area contributed by atoms with Crippen LogP contribution in [0, 0.1) is 5.92 Å². The van der Waals surface area contributed by atoms with Crippen molar-refractivity contribution in [3.8, 4) is 0 Å². The molecule has 0 radical (unpaired) electrons. The molecule has 0 saturated heterocycles. The minimum atomic E-state index is -3.66. The summed E-state index contributed by atoms with van der Waals surface area (Å²) in [6.45, 7) is 11.2. The second kappa shape index (κ2) is 12.3. The van der Waals surface area contributed by atoms with Gasteiger partial charge in [0.25, 0.3) is 0 Å². The summed E-state index contributed by atoms with van der Waals surface area (Å²) in [5.41, 5.74) is 1.79. The molecule has 2 atom stereocenters. The van der Waals surface area contributed by atoms with E-state index in [9.17, 15) is 9.36 Å². The molecule has 0 aliphatic heterocycles. The summed E-state index contributed by atoms with van der Waals surface area (Å²) in [6, 6.07) is 19.4. The van der Waals surface area contributed by atoms with Crippen molar-refractivity contribution in [2.24, 2.45) is 10.9 Å². The van der Waals surface area contributed by atoms with E-state index in [0.717, 1.165) is 11.1 Å². The van der Waals surface area contributed by atoms with Crippen LogP contribution < -0.4 is 0 Å². The lowest BCUT2D eigenvalue weighted by atomic mass is 10.0. The molecule has 0 aliphatic carbocycles. The zero-order valence-electron chi connectivity index (χ0n) is 20.5. The molecule has 0 aromatic heterocycles. The van der Waals surface area contributed by atoms with Crippen LogP contribution >= 0.6 is 7.60 Å². The van der Waals surface area contributed by atoms with E-state index in [1.54, 1.807) is 20.8 Å². The molecule has 0 spiro atoms. The molecular weight excluding hydrogens is 437 g/mol. The van der Waals surface area contributed by atoms with Gasteiger partial charge in [-0.05, 0) is 41.0 Å². The van der Waals surface area contributed by atoms with Gasteiger partial charge in [-0.1, -0.05) is 67.6 Å². The van der Waals surface area contributed by atoms with E-state index in [4.69, 9.17) is 18.8 Å². The van der Waals surface area contributed by atoms with E-state index in [0.29, 0.717) is 5.71 Å². The monoisotopic (exact) mass is 473 g/mol. The maximum atomic E-state index is 13.9. The molecule has 0 amide bonds. The van der Waals surface area contributed by atoms with Gasteiger partial charge < -0.3 is 13.8 Å². The lowest BCUT2D eigenvalue weighted by molar-refractivity contribution is -0.159. The standard InChI is InChI=1S/C26H36NO5P/c1-7-30-33(29,31-8-2)23(19-20(3)25(28)32-26(4,5)6)27-24(21-15-11-9-12-16-21)22-17-13-10-14-18-22/h9-18,20,23H,7-8,19H2,1-6H3. The van der Waals surface area contributed by atoms with Crippen molar-refractivity contribution in [2.45, 2.75) is 59.3 Å². The topological polar surface area (TPSA) is 74.2 Å². The third kappa shape index (κ3) is 8.22. The molecule has 0 N–H and O–H groups in total. The molecule has 2 aromatic rings. The molecule has 0 heterocycles. The van der Waals surface area contributed by atoms with Crippen LogP contribution in [0.3, 0.4) is 0 Å². The number of carbonyl (C=O) groups is 1. The quantitative estimate of drug-likeness (QED) is 0.212. The number of carbonyl (C=O) groups excluding carboxylic acids is 1. The third-order valence-electron chi connectivity index (χ3n) is 4.73. The number of benzene rings is 2. The summed E-state index contributed by atoms with van der Waals surface area (Å²) in [5.74, 6) is -1.81. The van der Waals surface area contributed by atoms with Gasteiger partial charge in [0.2, 0.25) is 0 Å². The Morgan fingerprint density at radius 1 is 0.909 bits per heavy atom. The van der Waals surface area contributed by atoms with Gasteiger partial charge >= 0.3 is 13.6 Å². The number of ether oxygens (including phenoxy) is 1. The van der Waals surface area contributed by atoms with Crippen LogP contribution in [-0.4, -0.2) is 36.3 Å². The SMILES string of the molecule is CCOP(=O)(OCC)C(CC(C)C(=O)OC(C)(C)C)N=C(c1ccccc1)c1ccccc1. The zero-order chi connectivity index (χ0) is 24.5. The highest BCUT2D eigenvalue weighted by molar-refractivity contribution is 7.54. The maximum Gasteiger partial charge on any atom is 0.354 e. The largest absolute Gasteiger partial charge is 0.460 e. The first-order valence-electron chi connectivity index (χ1n) is 11.4. The van der Waals surface area contributed by atoms with Crippen molar-refractivity contribution < 1.29 is 23.1 Å². The molecule has 6 nitrogen and oxygen atoms in total. The van der Waals surface area contributed by atoms with Crippen molar-refractivity contribution in [2.75, 3.05) is 13.2 Å². The minimum absolute atomic E-state index is 0.162. The summed E-state index contributed by atoms with van der Waals surface area (Å²) in [5, 5.41) is 0. The molecular formula is C26H36NO5P. The number of aliphatic imine (C=N–C) groups is 1. The predicted molar refractivity (Wildman–Crippen MR) is 133 cm³/mol. The van der Waals surface area contributed by atoms with Gasteiger partial charge in [0.15, 0.2) is 5.78 Å².